The molecule has 1 aromatic rings. The lowest BCUT2D eigenvalue weighted by Crippen LogP contribution is -2.20. The Kier molecular flexibility index (Phi) is 7.41. The summed E-state index contributed by atoms with van der Waals surface area (Å²) in [7, 11) is 0. The molecule has 1 saturated heterocycles. The van der Waals surface area contributed by atoms with Crippen molar-refractivity contribution in [2.45, 2.75) is 50.5 Å². The molecule has 1 aliphatic heterocycles. The second-order valence-electron chi connectivity index (χ2n) is 5.24. The molecule has 2 heterocycles. The van der Waals surface area contributed by atoms with Crippen LogP contribution in [0.3, 0.4) is 0 Å². The molecule has 6 heteroatoms. The van der Waals surface area contributed by atoms with Gasteiger partial charge in [-0.2, -0.15) is 11.8 Å². The zero-order valence-electron chi connectivity index (χ0n) is 13.0. The molecule has 0 radical (unpaired) electrons. The number of aromatic nitrogens is 2. The van der Waals surface area contributed by atoms with Gasteiger partial charge in [-0.15, -0.1) is 11.8 Å². The number of nitrogens with one attached hydrogen (secondary N) is 1. The van der Waals surface area contributed by atoms with E-state index in [9.17, 15) is 0 Å². The minimum Gasteiger partial charge on any atom is -0.369 e. The molecule has 2 rings (SSSR count). The van der Waals surface area contributed by atoms with Crippen molar-refractivity contribution in [1.82, 2.24) is 9.97 Å². The molecule has 2 unspecified atom stereocenters. The maximum Gasteiger partial charge on any atom is 0.145 e. The van der Waals surface area contributed by atoms with Gasteiger partial charge in [-0.1, -0.05) is 27.2 Å². The Labute approximate surface area is 150 Å². The summed E-state index contributed by atoms with van der Waals surface area (Å²) in [6.07, 6.45) is 3.28. The molecule has 1 aromatic heterocycles. The molecule has 21 heavy (non-hydrogen) atoms. The van der Waals surface area contributed by atoms with Crippen LogP contribution in [0.2, 0.25) is 0 Å². The van der Waals surface area contributed by atoms with E-state index in [4.69, 9.17) is 9.97 Å². The summed E-state index contributed by atoms with van der Waals surface area (Å²) < 4.78 is 1.20. The number of rotatable bonds is 6. The fourth-order valence-electron chi connectivity index (χ4n) is 2.32. The van der Waals surface area contributed by atoms with Gasteiger partial charge >= 0.3 is 0 Å². The third-order valence-corrected chi connectivity index (χ3v) is 7.63. The van der Waals surface area contributed by atoms with Gasteiger partial charge in [0.2, 0.25) is 0 Å². The molecule has 1 fully saturated rings. The summed E-state index contributed by atoms with van der Waals surface area (Å²) in [5.74, 6) is 4.52. The molecule has 118 valence electrons. The van der Waals surface area contributed by atoms with Gasteiger partial charge in [0, 0.05) is 23.3 Å². The minimum atomic E-state index is 0.429. The van der Waals surface area contributed by atoms with Crippen LogP contribution in [-0.4, -0.2) is 33.3 Å². The minimum absolute atomic E-state index is 0.429. The molecule has 1 aliphatic rings. The fourth-order valence-corrected chi connectivity index (χ4v) is 5.71. The number of hydrogen-bond donors (Lipinski definition) is 1. The SMILES string of the molecule is CCCNc1nc(C2SCCSC2C)nc(CCC)c1I. The van der Waals surface area contributed by atoms with E-state index >= 15 is 0 Å². The Bertz CT molecular complexity index is 470. The third kappa shape index (κ3) is 4.64. The molecule has 0 bridgehead atoms. The number of halogens is 1. The summed E-state index contributed by atoms with van der Waals surface area (Å²) in [6.45, 7) is 7.68. The summed E-state index contributed by atoms with van der Waals surface area (Å²) in [5.41, 5.74) is 1.21. The number of hydrogen-bond acceptors (Lipinski definition) is 5. The maximum absolute atomic E-state index is 4.91. The first-order chi connectivity index (χ1) is 10.2. The van der Waals surface area contributed by atoms with Crippen LogP contribution in [0.5, 0.6) is 0 Å². The molecule has 3 nitrogen and oxygen atoms in total. The topological polar surface area (TPSA) is 37.8 Å². The summed E-state index contributed by atoms with van der Waals surface area (Å²) in [6, 6.07) is 0. The van der Waals surface area contributed by atoms with E-state index in [0.29, 0.717) is 10.5 Å². The van der Waals surface area contributed by atoms with Gasteiger partial charge in [0.1, 0.15) is 11.6 Å². The van der Waals surface area contributed by atoms with Crippen molar-refractivity contribution in [2.75, 3.05) is 23.4 Å². The van der Waals surface area contributed by atoms with Crippen molar-refractivity contribution < 1.29 is 0 Å². The number of aryl methyl sites for hydroxylation is 1. The lowest BCUT2D eigenvalue weighted by molar-refractivity contribution is 0.780. The molecule has 0 spiro atoms. The van der Waals surface area contributed by atoms with Gasteiger partial charge in [0.15, 0.2) is 0 Å². The Morgan fingerprint density at radius 1 is 1.19 bits per heavy atom. The van der Waals surface area contributed by atoms with Gasteiger partial charge in [-0.3, -0.25) is 0 Å². The predicted molar refractivity (Wildman–Crippen MR) is 105 cm³/mol. The maximum atomic E-state index is 4.91. The first-order valence-electron chi connectivity index (χ1n) is 7.70. The van der Waals surface area contributed by atoms with Crippen LogP contribution in [0.15, 0.2) is 0 Å². The summed E-state index contributed by atoms with van der Waals surface area (Å²) >= 11 is 6.46. The van der Waals surface area contributed by atoms with Gasteiger partial charge < -0.3 is 5.32 Å². The molecular weight excluding hydrogens is 413 g/mol. The van der Waals surface area contributed by atoms with E-state index in [0.717, 1.165) is 37.4 Å². The second-order valence-corrected chi connectivity index (χ2v) is 9.05. The van der Waals surface area contributed by atoms with Crippen molar-refractivity contribution in [3.05, 3.63) is 15.1 Å². The normalized spacial score (nSPS) is 22.3. The highest BCUT2D eigenvalue weighted by atomic mass is 127. The lowest BCUT2D eigenvalue weighted by atomic mass is 10.2. The number of anilines is 1. The Morgan fingerprint density at radius 3 is 2.62 bits per heavy atom. The quantitative estimate of drug-likeness (QED) is 0.650. The van der Waals surface area contributed by atoms with Gasteiger partial charge in [0.25, 0.3) is 0 Å². The van der Waals surface area contributed by atoms with E-state index in [2.05, 4.69) is 48.7 Å². The first-order valence-corrected chi connectivity index (χ1v) is 10.9. The van der Waals surface area contributed by atoms with Crippen LogP contribution in [0, 0.1) is 3.57 Å². The van der Waals surface area contributed by atoms with Crippen molar-refractivity contribution in [3.8, 4) is 0 Å². The van der Waals surface area contributed by atoms with Crippen LogP contribution < -0.4 is 5.32 Å². The standard InChI is InChI=1S/C15H24IN3S2/c1-4-6-11-12(16)14(17-7-5-2)19-15(18-11)13-10(3)20-8-9-21-13/h10,13H,4-9H2,1-3H3,(H,17,18,19). The van der Waals surface area contributed by atoms with Crippen molar-refractivity contribution >= 4 is 51.9 Å². The Hall–Kier alpha value is 0.310. The predicted octanol–water partition coefficient (Wildman–Crippen LogP) is 4.77. The van der Waals surface area contributed by atoms with Crippen LogP contribution in [0.1, 0.15) is 50.4 Å². The monoisotopic (exact) mass is 437 g/mol. The van der Waals surface area contributed by atoms with Crippen LogP contribution in [0.4, 0.5) is 5.82 Å². The van der Waals surface area contributed by atoms with E-state index in [1.807, 2.05) is 23.5 Å². The molecule has 0 aliphatic carbocycles. The van der Waals surface area contributed by atoms with Crippen LogP contribution in [-0.2, 0) is 6.42 Å². The van der Waals surface area contributed by atoms with E-state index in [-0.39, 0.29) is 0 Å². The van der Waals surface area contributed by atoms with Gasteiger partial charge in [-0.05, 0) is 35.4 Å². The fraction of sp³-hybridized carbons (Fsp3) is 0.733. The average Bonchev–Trinajstić information content (AvgIpc) is 2.49. The lowest BCUT2D eigenvalue weighted by Gasteiger charge is -2.27. The third-order valence-electron chi connectivity index (χ3n) is 3.41. The van der Waals surface area contributed by atoms with Gasteiger partial charge in [-0.25, -0.2) is 9.97 Å². The van der Waals surface area contributed by atoms with Crippen LogP contribution in [0.25, 0.3) is 0 Å². The molecule has 0 amide bonds. The largest absolute Gasteiger partial charge is 0.369 e. The average molecular weight is 437 g/mol. The smallest absolute Gasteiger partial charge is 0.145 e. The highest BCUT2D eigenvalue weighted by Crippen LogP contribution is 2.41. The molecule has 0 saturated carbocycles. The van der Waals surface area contributed by atoms with Gasteiger partial charge in [0.05, 0.1) is 14.5 Å². The Morgan fingerprint density at radius 2 is 1.95 bits per heavy atom. The summed E-state index contributed by atoms with van der Waals surface area (Å²) in [5, 5.41) is 4.50. The van der Waals surface area contributed by atoms with Crippen molar-refractivity contribution in [2.24, 2.45) is 0 Å². The van der Waals surface area contributed by atoms with Crippen molar-refractivity contribution in [1.29, 1.82) is 0 Å². The zero-order valence-corrected chi connectivity index (χ0v) is 16.8. The molecular formula is C15H24IN3S2. The van der Waals surface area contributed by atoms with Crippen LogP contribution >= 0.6 is 46.1 Å². The van der Waals surface area contributed by atoms with E-state index < -0.39 is 0 Å². The van der Waals surface area contributed by atoms with E-state index in [1.54, 1.807) is 0 Å². The first kappa shape index (κ1) is 17.7. The highest BCUT2D eigenvalue weighted by molar-refractivity contribution is 14.1. The number of nitrogens with zero attached hydrogens (tertiary/aromatic N) is 2. The van der Waals surface area contributed by atoms with Crippen molar-refractivity contribution in [3.63, 3.8) is 0 Å². The summed E-state index contributed by atoms with van der Waals surface area (Å²) in [4.78, 5) is 9.77. The zero-order chi connectivity index (χ0) is 15.2. The molecule has 0 aromatic carbocycles. The highest BCUT2D eigenvalue weighted by Gasteiger charge is 2.28. The second kappa shape index (κ2) is 8.82. The molecule has 2 atom stereocenters. The number of thioether (sulfide) groups is 2. The molecule has 1 N–H and O–H groups in total. The Balaban J connectivity index is 2.32. The van der Waals surface area contributed by atoms with E-state index in [1.165, 1.54) is 20.8 Å².